The van der Waals surface area contributed by atoms with Gasteiger partial charge in [0.1, 0.15) is 0 Å². The summed E-state index contributed by atoms with van der Waals surface area (Å²) in [5, 5.41) is 2.22. The van der Waals surface area contributed by atoms with Crippen LogP contribution in [0.2, 0.25) is 0 Å². The van der Waals surface area contributed by atoms with Crippen molar-refractivity contribution in [3.63, 3.8) is 0 Å². The maximum Gasteiger partial charge on any atom is 0.0841 e. The summed E-state index contributed by atoms with van der Waals surface area (Å²) < 4.78 is 5.36. The van der Waals surface area contributed by atoms with Gasteiger partial charge in [-0.3, -0.25) is 0 Å². The van der Waals surface area contributed by atoms with Gasteiger partial charge in [-0.25, -0.2) is 0 Å². The number of hydrogen-bond acceptors (Lipinski definition) is 2. The third-order valence-corrected chi connectivity index (χ3v) is 7.25. The second-order valence-electron chi connectivity index (χ2n) is 7.81. The molecule has 23 heavy (non-hydrogen) atoms. The van der Waals surface area contributed by atoms with E-state index in [-0.39, 0.29) is 0 Å². The minimum Gasteiger partial charge on any atom is -0.370 e. The molecule has 4 unspecified atom stereocenters. The fourth-order valence-corrected chi connectivity index (χ4v) is 5.28. The lowest BCUT2D eigenvalue weighted by Crippen LogP contribution is -1.87. The van der Waals surface area contributed by atoms with Crippen LogP contribution in [-0.4, -0.2) is 22.7 Å². The lowest BCUT2D eigenvalue weighted by molar-refractivity contribution is 0.335. The number of thioether (sulfide) groups is 1. The first-order valence-electron chi connectivity index (χ1n) is 10.4. The van der Waals surface area contributed by atoms with Gasteiger partial charge in [-0.05, 0) is 51.4 Å². The van der Waals surface area contributed by atoms with Crippen LogP contribution in [0.25, 0.3) is 0 Å². The molecule has 5 aliphatic rings. The SMILES string of the molecule is C1=CCCCCC1.C1CCC2OC2CC1.C1CCC2SC2CC1. The Labute approximate surface area is 148 Å². The molecule has 0 aromatic heterocycles. The lowest BCUT2D eigenvalue weighted by atomic mass is 10.2. The summed E-state index contributed by atoms with van der Waals surface area (Å²) in [6.07, 6.45) is 27.4. The summed E-state index contributed by atoms with van der Waals surface area (Å²) in [6, 6.07) is 0. The fraction of sp³-hybridized carbons (Fsp3) is 0.905. The Morgan fingerprint density at radius 3 is 1.61 bits per heavy atom. The number of rotatable bonds is 0. The van der Waals surface area contributed by atoms with Crippen molar-refractivity contribution in [3.05, 3.63) is 12.2 Å². The van der Waals surface area contributed by atoms with Gasteiger partial charge in [-0.1, -0.05) is 57.1 Å². The van der Waals surface area contributed by atoms with Crippen molar-refractivity contribution in [1.82, 2.24) is 0 Å². The number of allylic oxidation sites excluding steroid dienone is 2. The summed E-state index contributed by atoms with van der Waals surface area (Å²) >= 11 is 2.21. The van der Waals surface area contributed by atoms with Gasteiger partial charge in [-0.15, -0.1) is 0 Å². The van der Waals surface area contributed by atoms with E-state index in [0.29, 0.717) is 12.2 Å². The van der Waals surface area contributed by atoms with E-state index in [9.17, 15) is 0 Å². The monoisotopic (exact) mass is 336 g/mol. The molecule has 4 atom stereocenters. The number of fused-ring (bicyclic) bond motifs is 2. The Balaban J connectivity index is 0.000000102. The van der Waals surface area contributed by atoms with Crippen molar-refractivity contribution in [2.75, 3.05) is 0 Å². The van der Waals surface area contributed by atoms with Gasteiger partial charge < -0.3 is 4.74 Å². The molecule has 2 heteroatoms. The van der Waals surface area contributed by atoms with Crippen molar-refractivity contribution in [1.29, 1.82) is 0 Å². The van der Waals surface area contributed by atoms with E-state index in [0.717, 1.165) is 10.5 Å². The van der Waals surface area contributed by atoms with Crippen LogP contribution in [0, 0.1) is 0 Å². The van der Waals surface area contributed by atoms with Gasteiger partial charge in [0.15, 0.2) is 0 Å². The lowest BCUT2D eigenvalue weighted by Gasteiger charge is -1.90. The Kier molecular flexibility index (Phi) is 7.87. The smallest absolute Gasteiger partial charge is 0.0841 e. The predicted molar refractivity (Wildman–Crippen MR) is 102 cm³/mol. The second kappa shape index (κ2) is 10.1. The summed E-state index contributed by atoms with van der Waals surface area (Å²) in [6.45, 7) is 0. The van der Waals surface area contributed by atoms with Crippen LogP contribution in [0.1, 0.15) is 96.3 Å². The number of hydrogen-bond donors (Lipinski definition) is 0. The maximum absolute atomic E-state index is 5.36. The molecular weight excluding hydrogens is 300 g/mol. The predicted octanol–water partition coefficient (Wildman–Crippen LogP) is 6.66. The van der Waals surface area contributed by atoms with Crippen LogP contribution in [0.3, 0.4) is 0 Å². The Morgan fingerprint density at radius 1 is 0.565 bits per heavy atom. The van der Waals surface area contributed by atoms with Gasteiger partial charge in [0.25, 0.3) is 0 Å². The number of ether oxygens (including phenoxy) is 1. The van der Waals surface area contributed by atoms with Crippen LogP contribution in [-0.2, 0) is 4.74 Å². The molecule has 2 aliphatic heterocycles. The molecule has 4 fully saturated rings. The average Bonchev–Trinajstić information content (AvgIpc) is 3.42. The zero-order valence-electron chi connectivity index (χ0n) is 14.9. The van der Waals surface area contributed by atoms with E-state index in [1.807, 2.05) is 0 Å². The van der Waals surface area contributed by atoms with Gasteiger partial charge in [0, 0.05) is 10.5 Å². The third kappa shape index (κ3) is 7.22. The second-order valence-corrected chi connectivity index (χ2v) is 9.29. The Bertz CT molecular complexity index is 302. The first-order valence-corrected chi connectivity index (χ1v) is 11.3. The van der Waals surface area contributed by atoms with E-state index in [4.69, 9.17) is 4.74 Å². The molecule has 0 aromatic carbocycles. The standard InChI is InChI=1S/C7H12O.C7H12S.C7H12/c2*1-2-4-6-7(8-6)5-3-1;1-2-4-6-7-5-3-1/h2*6-7H,1-5H2;1-2H,3-7H2. The summed E-state index contributed by atoms with van der Waals surface area (Å²) in [5.74, 6) is 0. The van der Waals surface area contributed by atoms with E-state index in [2.05, 4.69) is 23.9 Å². The Hall–Kier alpha value is 0.0500. The van der Waals surface area contributed by atoms with Crippen LogP contribution < -0.4 is 0 Å². The first-order chi connectivity index (χ1) is 11.4. The van der Waals surface area contributed by atoms with Gasteiger partial charge in [-0.2, -0.15) is 11.8 Å². The van der Waals surface area contributed by atoms with Gasteiger partial charge in [0.05, 0.1) is 12.2 Å². The summed E-state index contributed by atoms with van der Waals surface area (Å²) in [5.41, 5.74) is 0. The molecule has 2 saturated heterocycles. The van der Waals surface area contributed by atoms with Crippen LogP contribution in [0.15, 0.2) is 12.2 Å². The molecular formula is C21H36OS. The van der Waals surface area contributed by atoms with Crippen LogP contribution >= 0.6 is 11.8 Å². The zero-order valence-corrected chi connectivity index (χ0v) is 15.7. The topological polar surface area (TPSA) is 12.5 Å². The van der Waals surface area contributed by atoms with Crippen molar-refractivity contribution >= 4 is 11.8 Å². The van der Waals surface area contributed by atoms with Crippen LogP contribution in [0.4, 0.5) is 0 Å². The van der Waals surface area contributed by atoms with Gasteiger partial charge in [0.2, 0.25) is 0 Å². The first kappa shape index (κ1) is 17.9. The highest BCUT2D eigenvalue weighted by atomic mass is 32.2. The molecule has 2 heterocycles. The van der Waals surface area contributed by atoms with E-state index >= 15 is 0 Å². The third-order valence-electron chi connectivity index (χ3n) is 5.74. The minimum absolute atomic E-state index is 0.692. The minimum atomic E-state index is 0.692. The molecule has 0 amide bonds. The normalized spacial score (nSPS) is 37.9. The largest absolute Gasteiger partial charge is 0.370 e. The summed E-state index contributed by atoms with van der Waals surface area (Å²) in [4.78, 5) is 0. The van der Waals surface area contributed by atoms with Crippen molar-refractivity contribution in [2.24, 2.45) is 0 Å². The molecule has 3 aliphatic carbocycles. The average molecular weight is 337 g/mol. The highest BCUT2D eigenvalue weighted by molar-refractivity contribution is 8.07. The molecule has 1 nitrogen and oxygen atoms in total. The van der Waals surface area contributed by atoms with Crippen LogP contribution in [0.5, 0.6) is 0 Å². The van der Waals surface area contributed by atoms with Crippen molar-refractivity contribution in [3.8, 4) is 0 Å². The molecule has 5 rings (SSSR count). The van der Waals surface area contributed by atoms with E-state index in [1.165, 1.54) is 96.3 Å². The highest BCUT2D eigenvalue weighted by Crippen LogP contribution is 2.49. The molecule has 0 aromatic rings. The molecule has 2 saturated carbocycles. The van der Waals surface area contributed by atoms with Crippen molar-refractivity contribution < 1.29 is 4.74 Å². The molecule has 0 spiro atoms. The molecule has 0 N–H and O–H groups in total. The molecule has 0 bridgehead atoms. The van der Waals surface area contributed by atoms with Crippen molar-refractivity contribution in [2.45, 2.75) is 119 Å². The zero-order chi connectivity index (χ0) is 15.7. The summed E-state index contributed by atoms with van der Waals surface area (Å²) in [7, 11) is 0. The van der Waals surface area contributed by atoms with E-state index < -0.39 is 0 Å². The fourth-order valence-electron chi connectivity index (χ4n) is 4.05. The highest BCUT2D eigenvalue weighted by Gasteiger charge is 2.38. The molecule has 132 valence electrons. The Morgan fingerprint density at radius 2 is 1.04 bits per heavy atom. The molecule has 0 radical (unpaired) electrons. The quantitative estimate of drug-likeness (QED) is 0.362. The maximum atomic E-state index is 5.36. The van der Waals surface area contributed by atoms with Gasteiger partial charge >= 0.3 is 0 Å². The number of epoxide rings is 1. The van der Waals surface area contributed by atoms with E-state index in [1.54, 1.807) is 0 Å².